The molecule has 200 valence electrons. The Morgan fingerprint density at radius 1 is 1.00 bits per heavy atom. The number of aromatic nitrogens is 1. The highest BCUT2D eigenvalue weighted by Gasteiger charge is 2.31. The SMILES string of the molecule is CCC(CC)(c1ccc(/C=C/C2(O)CCOCC2)c(C)c1)c1ccc(-c2cncc(COC=O)c2)c(C)c1. The van der Waals surface area contributed by atoms with Crippen LogP contribution < -0.4 is 0 Å². The van der Waals surface area contributed by atoms with Crippen molar-refractivity contribution in [2.75, 3.05) is 13.2 Å². The first-order valence-corrected chi connectivity index (χ1v) is 13.6. The molecule has 0 amide bonds. The van der Waals surface area contributed by atoms with Crippen molar-refractivity contribution in [3.05, 3.63) is 94.3 Å². The Hall–Kier alpha value is -3.28. The van der Waals surface area contributed by atoms with Crippen LogP contribution in [0, 0.1) is 13.8 Å². The predicted molar refractivity (Wildman–Crippen MR) is 152 cm³/mol. The van der Waals surface area contributed by atoms with Gasteiger partial charge in [0, 0.05) is 55.0 Å². The first-order valence-electron chi connectivity index (χ1n) is 13.6. The van der Waals surface area contributed by atoms with E-state index in [1.807, 2.05) is 18.3 Å². The Labute approximate surface area is 226 Å². The number of ether oxygens (including phenoxy) is 2. The van der Waals surface area contributed by atoms with Crippen molar-refractivity contribution in [2.24, 2.45) is 0 Å². The number of carbonyl (C=O) groups excluding carboxylic acids is 1. The summed E-state index contributed by atoms with van der Waals surface area (Å²) in [7, 11) is 0. The molecular formula is C33H39NO4. The van der Waals surface area contributed by atoms with Gasteiger partial charge in [-0.15, -0.1) is 0 Å². The van der Waals surface area contributed by atoms with Crippen LogP contribution in [-0.2, 0) is 26.3 Å². The molecule has 1 fully saturated rings. The molecule has 0 radical (unpaired) electrons. The molecule has 5 nitrogen and oxygen atoms in total. The van der Waals surface area contributed by atoms with Crippen molar-refractivity contribution < 1.29 is 19.4 Å². The standard InChI is InChI=1S/C33H39NO4/c1-5-33(6-2,29-8-7-27(24(3)17-29)11-12-32(36)13-15-37-16-14-32)30-9-10-31(25(4)18-30)28-19-26(20-34-21-28)22-38-23-35/h7-12,17-21,23,36H,5-6,13-16,22H2,1-4H3/b12-11+. The molecule has 1 saturated heterocycles. The molecular weight excluding hydrogens is 474 g/mol. The lowest BCUT2D eigenvalue weighted by atomic mass is 9.69. The lowest BCUT2D eigenvalue weighted by Crippen LogP contribution is -2.33. The second kappa shape index (κ2) is 12.1. The number of aliphatic hydroxyl groups is 1. The van der Waals surface area contributed by atoms with Gasteiger partial charge in [0.05, 0.1) is 5.60 Å². The van der Waals surface area contributed by atoms with Crippen LogP contribution in [0.25, 0.3) is 17.2 Å². The monoisotopic (exact) mass is 513 g/mol. The zero-order valence-electron chi connectivity index (χ0n) is 23.0. The Morgan fingerprint density at radius 3 is 2.32 bits per heavy atom. The molecule has 3 aromatic rings. The Morgan fingerprint density at radius 2 is 1.68 bits per heavy atom. The maximum atomic E-state index is 10.8. The number of nitrogens with zero attached hydrogens (tertiary/aromatic N) is 1. The molecule has 0 unspecified atom stereocenters. The smallest absolute Gasteiger partial charge is 0.293 e. The van der Waals surface area contributed by atoms with Crippen molar-refractivity contribution in [1.82, 2.24) is 4.98 Å². The van der Waals surface area contributed by atoms with Gasteiger partial charge in [-0.25, -0.2) is 0 Å². The van der Waals surface area contributed by atoms with Crippen LogP contribution in [0.2, 0.25) is 0 Å². The molecule has 0 saturated carbocycles. The van der Waals surface area contributed by atoms with Gasteiger partial charge in [-0.2, -0.15) is 0 Å². The number of carbonyl (C=O) groups is 1. The zero-order valence-corrected chi connectivity index (χ0v) is 23.0. The van der Waals surface area contributed by atoms with Gasteiger partial charge in [0.2, 0.25) is 0 Å². The highest BCUT2D eigenvalue weighted by molar-refractivity contribution is 5.68. The van der Waals surface area contributed by atoms with E-state index >= 15 is 0 Å². The van der Waals surface area contributed by atoms with Gasteiger partial charge in [0.1, 0.15) is 6.61 Å². The normalized spacial score (nSPS) is 15.5. The lowest BCUT2D eigenvalue weighted by Gasteiger charge is -2.34. The van der Waals surface area contributed by atoms with Gasteiger partial charge in [0.25, 0.3) is 6.47 Å². The van der Waals surface area contributed by atoms with E-state index in [1.54, 1.807) is 6.20 Å². The van der Waals surface area contributed by atoms with Gasteiger partial charge in [0.15, 0.2) is 0 Å². The van der Waals surface area contributed by atoms with E-state index in [0.29, 0.717) is 32.5 Å². The molecule has 0 aliphatic carbocycles. The van der Waals surface area contributed by atoms with Crippen LogP contribution in [0.5, 0.6) is 0 Å². The van der Waals surface area contributed by atoms with Crippen molar-refractivity contribution in [3.63, 3.8) is 0 Å². The van der Waals surface area contributed by atoms with Crippen molar-refractivity contribution >= 4 is 12.5 Å². The molecule has 0 atom stereocenters. The van der Waals surface area contributed by atoms with Crippen molar-refractivity contribution in [2.45, 2.75) is 71.0 Å². The maximum absolute atomic E-state index is 10.8. The summed E-state index contributed by atoms with van der Waals surface area (Å²) in [5.74, 6) is 0. The number of hydrogen-bond donors (Lipinski definition) is 1. The van der Waals surface area contributed by atoms with E-state index in [1.165, 1.54) is 22.3 Å². The molecule has 38 heavy (non-hydrogen) atoms. The summed E-state index contributed by atoms with van der Waals surface area (Å²) in [6.45, 7) is 10.7. The molecule has 2 aromatic carbocycles. The van der Waals surface area contributed by atoms with Gasteiger partial charge in [-0.05, 0) is 66.1 Å². The molecule has 0 spiro atoms. The topological polar surface area (TPSA) is 68.7 Å². The summed E-state index contributed by atoms with van der Waals surface area (Å²) in [4.78, 5) is 14.9. The third-order valence-corrected chi connectivity index (χ3v) is 8.16. The van der Waals surface area contributed by atoms with Gasteiger partial charge in [-0.1, -0.05) is 62.4 Å². The predicted octanol–water partition coefficient (Wildman–Crippen LogP) is 6.70. The van der Waals surface area contributed by atoms with Crippen LogP contribution in [0.1, 0.15) is 72.9 Å². The quantitative estimate of drug-likeness (QED) is 0.306. The Kier molecular flexibility index (Phi) is 8.80. The summed E-state index contributed by atoms with van der Waals surface area (Å²) in [6.07, 6.45) is 10.8. The minimum absolute atomic E-state index is 0.104. The summed E-state index contributed by atoms with van der Waals surface area (Å²) >= 11 is 0. The summed E-state index contributed by atoms with van der Waals surface area (Å²) in [6, 6.07) is 15.5. The molecule has 0 bridgehead atoms. The first kappa shape index (κ1) is 27.7. The first-order chi connectivity index (χ1) is 18.3. The van der Waals surface area contributed by atoms with E-state index in [4.69, 9.17) is 9.47 Å². The molecule has 4 rings (SSSR count). The maximum Gasteiger partial charge on any atom is 0.293 e. The summed E-state index contributed by atoms with van der Waals surface area (Å²) in [5.41, 5.74) is 8.24. The second-order valence-electron chi connectivity index (χ2n) is 10.4. The minimum atomic E-state index is -0.782. The summed E-state index contributed by atoms with van der Waals surface area (Å²) in [5, 5.41) is 10.8. The Bertz CT molecular complexity index is 1290. The van der Waals surface area contributed by atoms with Crippen LogP contribution in [0.15, 0.2) is 60.9 Å². The lowest BCUT2D eigenvalue weighted by molar-refractivity contribution is -0.129. The van der Waals surface area contributed by atoms with E-state index in [9.17, 15) is 9.90 Å². The average Bonchev–Trinajstić information content (AvgIpc) is 2.93. The fraction of sp³-hybridized carbons (Fsp3) is 0.394. The molecule has 1 N–H and O–H groups in total. The minimum Gasteiger partial charge on any atom is -0.463 e. The summed E-state index contributed by atoms with van der Waals surface area (Å²) < 4.78 is 10.3. The highest BCUT2D eigenvalue weighted by Crippen LogP contribution is 2.41. The number of rotatable bonds is 10. The van der Waals surface area contributed by atoms with Crippen LogP contribution >= 0.6 is 0 Å². The average molecular weight is 514 g/mol. The fourth-order valence-corrected chi connectivity index (χ4v) is 5.66. The van der Waals surface area contributed by atoms with Crippen LogP contribution in [0.3, 0.4) is 0 Å². The largest absolute Gasteiger partial charge is 0.463 e. The molecule has 2 heterocycles. The third-order valence-electron chi connectivity index (χ3n) is 8.16. The van der Waals surface area contributed by atoms with E-state index in [-0.39, 0.29) is 12.0 Å². The molecule has 1 aliphatic rings. The second-order valence-corrected chi connectivity index (χ2v) is 10.4. The van der Waals surface area contributed by atoms with E-state index < -0.39 is 5.60 Å². The highest BCUT2D eigenvalue weighted by atomic mass is 16.5. The van der Waals surface area contributed by atoms with Crippen molar-refractivity contribution in [1.29, 1.82) is 0 Å². The van der Waals surface area contributed by atoms with Gasteiger partial charge >= 0.3 is 0 Å². The molecule has 5 heteroatoms. The van der Waals surface area contributed by atoms with Crippen LogP contribution in [-0.4, -0.2) is 35.4 Å². The van der Waals surface area contributed by atoms with Crippen molar-refractivity contribution in [3.8, 4) is 11.1 Å². The number of hydrogen-bond acceptors (Lipinski definition) is 5. The zero-order chi connectivity index (χ0) is 27.2. The molecule has 1 aromatic heterocycles. The Balaban J connectivity index is 1.64. The van der Waals surface area contributed by atoms with Gasteiger partial charge in [-0.3, -0.25) is 9.78 Å². The number of pyridine rings is 1. The van der Waals surface area contributed by atoms with E-state index in [0.717, 1.165) is 35.1 Å². The third kappa shape index (κ3) is 5.90. The van der Waals surface area contributed by atoms with Gasteiger partial charge < -0.3 is 14.6 Å². The fourth-order valence-electron chi connectivity index (χ4n) is 5.66. The van der Waals surface area contributed by atoms with E-state index in [2.05, 4.69) is 75.2 Å². The number of aryl methyl sites for hydroxylation is 2. The number of benzene rings is 2. The van der Waals surface area contributed by atoms with Crippen LogP contribution in [0.4, 0.5) is 0 Å². The molecule has 1 aliphatic heterocycles.